The van der Waals surface area contributed by atoms with Crippen molar-refractivity contribution >= 4 is 0 Å². The van der Waals surface area contributed by atoms with E-state index in [9.17, 15) is 10.1 Å². The highest BCUT2D eigenvalue weighted by Crippen LogP contribution is 2.21. The molecule has 0 saturated heterocycles. The SMILES string of the molecule is O=[N+]([O-])CCc1cccc(Oc2ccccc2)c1. The number of para-hydroxylation sites is 1. The van der Waals surface area contributed by atoms with Crippen LogP contribution in [0.5, 0.6) is 11.5 Å². The molecule has 2 aromatic rings. The molecule has 0 saturated carbocycles. The van der Waals surface area contributed by atoms with Crippen LogP contribution in [0.4, 0.5) is 0 Å². The Kier molecular flexibility index (Phi) is 3.91. The van der Waals surface area contributed by atoms with Gasteiger partial charge in [0.1, 0.15) is 11.5 Å². The molecule has 0 bridgehead atoms. The third-order valence-electron chi connectivity index (χ3n) is 2.46. The third-order valence-corrected chi connectivity index (χ3v) is 2.46. The van der Waals surface area contributed by atoms with Gasteiger partial charge in [-0.05, 0) is 29.8 Å². The summed E-state index contributed by atoms with van der Waals surface area (Å²) in [4.78, 5) is 10.0. The van der Waals surface area contributed by atoms with Gasteiger partial charge in [-0.25, -0.2) is 0 Å². The first-order valence-electron chi connectivity index (χ1n) is 5.68. The number of hydrogen-bond acceptors (Lipinski definition) is 3. The summed E-state index contributed by atoms with van der Waals surface area (Å²) in [7, 11) is 0. The molecule has 0 aliphatic heterocycles. The minimum atomic E-state index is -0.315. The molecule has 2 aromatic carbocycles. The quantitative estimate of drug-likeness (QED) is 0.598. The van der Waals surface area contributed by atoms with Crippen LogP contribution >= 0.6 is 0 Å². The van der Waals surface area contributed by atoms with Gasteiger partial charge in [0, 0.05) is 11.3 Å². The van der Waals surface area contributed by atoms with E-state index in [1.807, 2.05) is 54.6 Å². The van der Waals surface area contributed by atoms with Crippen molar-refractivity contribution in [3.63, 3.8) is 0 Å². The fourth-order valence-electron chi connectivity index (χ4n) is 1.61. The van der Waals surface area contributed by atoms with Crippen molar-refractivity contribution in [3.8, 4) is 11.5 Å². The summed E-state index contributed by atoms with van der Waals surface area (Å²) in [6, 6.07) is 16.8. The Balaban J connectivity index is 2.05. The normalized spacial score (nSPS) is 10.0. The van der Waals surface area contributed by atoms with Gasteiger partial charge < -0.3 is 4.74 Å². The molecule has 92 valence electrons. The van der Waals surface area contributed by atoms with Crippen LogP contribution < -0.4 is 4.74 Å². The van der Waals surface area contributed by atoms with Crippen molar-refractivity contribution in [2.45, 2.75) is 6.42 Å². The van der Waals surface area contributed by atoms with Gasteiger partial charge in [0.25, 0.3) is 0 Å². The number of rotatable bonds is 5. The zero-order valence-corrected chi connectivity index (χ0v) is 9.78. The number of nitrogens with zero attached hydrogens (tertiary/aromatic N) is 1. The summed E-state index contributed by atoms with van der Waals surface area (Å²) in [5.41, 5.74) is 0.903. The second kappa shape index (κ2) is 5.82. The average molecular weight is 243 g/mol. The van der Waals surface area contributed by atoms with Gasteiger partial charge in [0.15, 0.2) is 0 Å². The van der Waals surface area contributed by atoms with Crippen LogP contribution in [0.15, 0.2) is 54.6 Å². The number of ether oxygens (including phenoxy) is 1. The van der Waals surface area contributed by atoms with Crippen LogP contribution in [-0.4, -0.2) is 11.5 Å². The molecule has 0 atom stereocenters. The molecule has 4 nitrogen and oxygen atoms in total. The zero-order chi connectivity index (χ0) is 12.8. The molecule has 0 aliphatic rings. The van der Waals surface area contributed by atoms with Crippen LogP contribution in [0, 0.1) is 10.1 Å². The van der Waals surface area contributed by atoms with E-state index in [1.54, 1.807) is 0 Å². The lowest BCUT2D eigenvalue weighted by Crippen LogP contribution is -2.03. The minimum absolute atomic E-state index is 0.0607. The maximum Gasteiger partial charge on any atom is 0.207 e. The second-order valence-electron chi connectivity index (χ2n) is 3.87. The first-order valence-corrected chi connectivity index (χ1v) is 5.68. The molecule has 0 radical (unpaired) electrons. The van der Waals surface area contributed by atoms with Crippen molar-refractivity contribution in [3.05, 3.63) is 70.3 Å². The third kappa shape index (κ3) is 3.59. The van der Waals surface area contributed by atoms with Crippen LogP contribution in [-0.2, 0) is 6.42 Å². The second-order valence-corrected chi connectivity index (χ2v) is 3.87. The van der Waals surface area contributed by atoms with Crippen LogP contribution in [0.2, 0.25) is 0 Å². The van der Waals surface area contributed by atoms with Gasteiger partial charge in [-0.15, -0.1) is 0 Å². The number of nitro groups is 1. The lowest BCUT2D eigenvalue weighted by atomic mass is 10.1. The molecule has 4 heteroatoms. The van der Waals surface area contributed by atoms with E-state index in [0.29, 0.717) is 12.2 Å². The first kappa shape index (κ1) is 12.1. The average Bonchev–Trinajstić information content (AvgIpc) is 2.38. The Morgan fingerprint density at radius 2 is 1.72 bits per heavy atom. The van der Waals surface area contributed by atoms with Gasteiger partial charge >= 0.3 is 0 Å². The van der Waals surface area contributed by atoms with E-state index in [1.165, 1.54) is 0 Å². The Morgan fingerprint density at radius 1 is 1.00 bits per heavy atom. The molecule has 0 N–H and O–H groups in total. The summed E-state index contributed by atoms with van der Waals surface area (Å²) in [6.07, 6.45) is 0.416. The molecule has 2 rings (SSSR count). The molecule has 18 heavy (non-hydrogen) atoms. The Bertz CT molecular complexity index is 526. The molecule has 0 fully saturated rings. The topological polar surface area (TPSA) is 52.4 Å². The summed E-state index contributed by atoms with van der Waals surface area (Å²) < 4.78 is 5.66. The largest absolute Gasteiger partial charge is 0.457 e. The van der Waals surface area contributed by atoms with E-state index < -0.39 is 0 Å². The standard InChI is InChI=1S/C14H13NO3/c16-15(17)10-9-12-5-4-8-14(11-12)18-13-6-2-1-3-7-13/h1-8,11H,9-10H2. The van der Waals surface area contributed by atoms with Crippen molar-refractivity contribution in [1.82, 2.24) is 0 Å². The lowest BCUT2D eigenvalue weighted by molar-refractivity contribution is -0.479. The van der Waals surface area contributed by atoms with Gasteiger partial charge in [-0.2, -0.15) is 0 Å². The maximum absolute atomic E-state index is 10.3. The van der Waals surface area contributed by atoms with Crippen molar-refractivity contribution < 1.29 is 9.66 Å². The Morgan fingerprint density at radius 3 is 2.44 bits per heavy atom. The number of hydrogen-bond donors (Lipinski definition) is 0. The van der Waals surface area contributed by atoms with Crippen LogP contribution in [0.3, 0.4) is 0 Å². The molecule has 0 spiro atoms. The van der Waals surface area contributed by atoms with E-state index >= 15 is 0 Å². The molecule has 0 amide bonds. The highest BCUT2D eigenvalue weighted by molar-refractivity contribution is 5.33. The highest BCUT2D eigenvalue weighted by Gasteiger charge is 2.02. The van der Waals surface area contributed by atoms with Crippen LogP contribution in [0.25, 0.3) is 0 Å². The van der Waals surface area contributed by atoms with Crippen molar-refractivity contribution in [2.75, 3.05) is 6.54 Å². The molecule has 0 unspecified atom stereocenters. The van der Waals surface area contributed by atoms with E-state index in [4.69, 9.17) is 4.74 Å². The van der Waals surface area contributed by atoms with Crippen molar-refractivity contribution in [2.24, 2.45) is 0 Å². The number of benzene rings is 2. The minimum Gasteiger partial charge on any atom is -0.457 e. The summed E-state index contributed by atoms with van der Waals surface area (Å²) in [5, 5.41) is 10.3. The fourth-order valence-corrected chi connectivity index (χ4v) is 1.61. The molecule has 0 heterocycles. The van der Waals surface area contributed by atoms with E-state index in [2.05, 4.69) is 0 Å². The summed E-state index contributed by atoms with van der Waals surface area (Å²) in [6.45, 7) is -0.0607. The Labute approximate surface area is 105 Å². The van der Waals surface area contributed by atoms with Gasteiger partial charge in [0.05, 0.1) is 0 Å². The Hall–Kier alpha value is -2.36. The molecule has 0 aliphatic carbocycles. The van der Waals surface area contributed by atoms with Gasteiger partial charge in [-0.1, -0.05) is 30.3 Å². The monoisotopic (exact) mass is 243 g/mol. The smallest absolute Gasteiger partial charge is 0.207 e. The highest BCUT2D eigenvalue weighted by atomic mass is 16.6. The molecular formula is C14H13NO3. The fraction of sp³-hybridized carbons (Fsp3) is 0.143. The first-order chi connectivity index (χ1) is 8.74. The maximum atomic E-state index is 10.3. The van der Waals surface area contributed by atoms with E-state index in [-0.39, 0.29) is 11.5 Å². The van der Waals surface area contributed by atoms with Crippen molar-refractivity contribution in [1.29, 1.82) is 0 Å². The zero-order valence-electron chi connectivity index (χ0n) is 9.78. The predicted octanol–water partition coefficient (Wildman–Crippen LogP) is 3.30. The molecular weight excluding hydrogens is 230 g/mol. The van der Waals surface area contributed by atoms with E-state index in [0.717, 1.165) is 11.3 Å². The lowest BCUT2D eigenvalue weighted by Gasteiger charge is -2.06. The summed E-state index contributed by atoms with van der Waals surface area (Å²) in [5.74, 6) is 1.45. The molecule has 0 aromatic heterocycles. The van der Waals surface area contributed by atoms with Gasteiger partial charge in [0.2, 0.25) is 6.54 Å². The predicted molar refractivity (Wildman–Crippen MR) is 68.5 cm³/mol. The van der Waals surface area contributed by atoms with Crippen LogP contribution in [0.1, 0.15) is 5.56 Å². The van der Waals surface area contributed by atoms with Gasteiger partial charge in [-0.3, -0.25) is 10.1 Å². The summed E-state index contributed by atoms with van der Waals surface area (Å²) >= 11 is 0.